The number of aromatic nitrogens is 2. The van der Waals surface area contributed by atoms with Crippen molar-refractivity contribution < 1.29 is 0 Å². The molecule has 1 rings (SSSR count). The summed E-state index contributed by atoms with van der Waals surface area (Å²) < 4.78 is 3.17. The van der Waals surface area contributed by atoms with Crippen molar-refractivity contribution >= 4 is 15.9 Å². The fourth-order valence-electron chi connectivity index (χ4n) is 2.18. The minimum absolute atomic E-state index is 0.00873. The maximum Gasteiger partial charge on any atom is 0.0717 e. The van der Waals surface area contributed by atoms with E-state index in [1.807, 2.05) is 6.20 Å². The fourth-order valence-corrected chi connectivity index (χ4v) is 2.68. The molecule has 0 spiro atoms. The Labute approximate surface area is 125 Å². The monoisotopic (exact) mass is 330 g/mol. The predicted molar refractivity (Wildman–Crippen MR) is 84.5 cm³/mol. The Morgan fingerprint density at radius 3 is 2.42 bits per heavy atom. The first kappa shape index (κ1) is 16.7. The van der Waals surface area contributed by atoms with Gasteiger partial charge in [0.25, 0.3) is 0 Å². The van der Waals surface area contributed by atoms with Gasteiger partial charge in [-0.15, -0.1) is 0 Å². The molecule has 0 bridgehead atoms. The molecule has 0 aliphatic carbocycles. The molecule has 0 saturated carbocycles. The summed E-state index contributed by atoms with van der Waals surface area (Å²) in [5.74, 6) is 0. The number of hydrogen-bond acceptors (Lipinski definition) is 3. The summed E-state index contributed by atoms with van der Waals surface area (Å²) in [6.07, 6.45) is 1.89. The first-order valence-corrected chi connectivity index (χ1v) is 7.66. The second kappa shape index (κ2) is 6.37. The molecule has 0 fully saturated rings. The van der Waals surface area contributed by atoms with Crippen LogP contribution < -0.4 is 5.32 Å². The Morgan fingerprint density at radius 2 is 2.00 bits per heavy atom. The average Bonchev–Trinajstić information content (AvgIpc) is 2.67. The molecule has 1 aromatic rings. The van der Waals surface area contributed by atoms with Crippen molar-refractivity contribution in [1.82, 2.24) is 20.0 Å². The second-order valence-corrected chi connectivity index (χ2v) is 6.81. The van der Waals surface area contributed by atoms with Gasteiger partial charge in [-0.05, 0) is 64.3 Å². The Morgan fingerprint density at radius 1 is 1.42 bits per heavy atom. The van der Waals surface area contributed by atoms with Crippen LogP contribution in [0.2, 0.25) is 0 Å². The number of likely N-dealkylation sites (N-methyl/N-ethyl adjacent to an activating group) is 2. The van der Waals surface area contributed by atoms with Crippen LogP contribution in [-0.4, -0.2) is 40.9 Å². The molecule has 1 atom stereocenters. The standard InChI is InChI=1S/C14H27BrN4/c1-8-16-13(14(4,5)18(6)7)12-11(15)9-17-19(12)10(2)3/h9-10,13,16H,8H2,1-7H3. The van der Waals surface area contributed by atoms with E-state index in [0.29, 0.717) is 6.04 Å². The first-order valence-electron chi connectivity index (χ1n) is 6.87. The van der Waals surface area contributed by atoms with Crippen LogP contribution in [0, 0.1) is 0 Å². The topological polar surface area (TPSA) is 33.1 Å². The lowest BCUT2D eigenvalue weighted by atomic mass is 9.90. The van der Waals surface area contributed by atoms with Crippen LogP contribution >= 0.6 is 15.9 Å². The van der Waals surface area contributed by atoms with Crippen molar-refractivity contribution in [3.63, 3.8) is 0 Å². The van der Waals surface area contributed by atoms with Crippen LogP contribution in [0.25, 0.3) is 0 Å². The largest absolute Gasteiger partial charge is 0.307 e. The van der Waals surface area contributed by atoms with Crippen LogP contribution in [0.5, 0.6) is 0 Å². The number of halogens is 1. The molecule has 0 saturated heterocycles. The van der Waals surface area contributed by atoms with Crippen LogP contribution in [0.1, 0.15) is 52.4 Å². The van der Waals surface area contributed by atoms with Gasteiger partial charge in [0.15, 0.2) is 0 Å². The molecule has 4 nitrogen and oxygen atoms in total. The SMILES string of the molecule is CCNC(c1c(Br)cnn1C(C)C)C(C)(C)N(C)C. The molecule has 1 unspecified atom stereocenters. The van der Waals surface area contributed by atoms with E-state index in [4.69, 9.17) is 0 Å². The fraction of sp³-hybridized carbons (Fsp3) is 0.786. The van der Waals surface area contributed by atoms with E-state index < -0.39 is 0 Å². The lowest BCUT2D eigenvalue weighted by molar-refractivity contribution is 0.132. The van der Waals surface area contributed by atoms with Gasteiger partial charge in [0.05, 0.1) is 22.4 Å². The van der Waals surface area contributed by atoms with Gasteiger partial charge in [-0.1, -0.05) is 6.92 Å². The first-order chi connectivity index (χ1) is 8.73. The molecule has 0 amide bonds. The molecule has 19 heavy (non-hydrogen) atoms. The van der Waals surface area contributed by atoms with Crippen LogP contribution in [0.4, 0.5) is 0 Å². The van der Waals surface area contributed by atoms with Crippen molar-refractivity contribution in [3.05, 3.63) is 16.4 Å². The van der Waals surface area contributed by atoms with Crippen molar-refractivity contribution in [2.75, 3.05) is 20.6 Å². The Balaban J connectivity index is 3.31. The van der Waals surface area contributed by atoms with Crippen LogP contribution in [0.3, 0.4) is 0 Å². The quantitative estimate of drug-likeness (QED) is 0.869. The number of nitrogens with one attached hydrogen (secondary N) is 1. The molecule has 0 aromatic carbocycles. The van der Waals surface area contributed by atoms with E-state index in [0.717, 1.165) is 11.0 Å². The van der Waals surface area contributed by atoms with Crippen molar-refractivity contribution in [2.24, 2.45) is 0 Å². The maximum atomic E-state index is 4.50. The summed E-state index contributed by atoms with van der Waals surface area (Å²) in [6.45, 7) is 11.9. The molecule has 0 aliphatic rings. The lowest BCUT2D eigenvalue weighted by Crippen LogP contribution is -2.50. The zero-order valence-corrected chi connectivity index (χ0v) is 14.7. The van der Waals surface area contributed by atoms with Crippen LogP contribution in [-0.2, 0) is 0 Å². The van der Waals surface area contributed by atoms with E-state index in [9.17, 15) is 0 Å². The smallest absolute Gasteiger partial charge is 0.0717 e. The highest BCUT2D eigenvalue weighted by Crippen LogP contribution is 2.34. The van der Waals surface area contributed by atoms with Gasteiger partial charge in [0.2, 0.25) is 0 Å². The van der Waals surface area contributed by atoms with Crippen LogP contribution in [0.15, 0.2) is 10.7 Å². The second-order valence-electron chi connectivity index (χ2n) is 5.95. The molecule has 1 aromatic heterocycles. The summed E-state index contributed by atoms with van der Waals surface area (Å²) in [7, 11) is 4.24. The zero-order chi connectivity index (χ0) is 14.8. The van der Waals surface area contributed by atoms with Gasteiger partial charge < -0.3 is 10.2 Å². The Bertz CT molecular complexity index is 410. The van der Waals surface area contributed by atoms with Gasteiger partial charge >= 0.3 is 0 Å². The summed E-state index contributed by atoms with van der Waals surface area (Å²) in [4.78, 5) is 2.25. The minimum atomic E-state index is -0.00873. The minimum Gasteiger partial charge on any atom is -0.307 e. The molecule has 5 heteroatoms. The third-order valence-electron chi connectivity index (χ3n) is 3.82. The van der Waals surface area contributed by atoms with Gasteiger partial charge in [-0.3, -0.25) is 4.68 Å². The highest BCUT2D eigenvalue weighted by molar-refractivity contribution is 9.10. The predicted octanol–water partition coefficient (Wildman–Crippen LogP) is 3.22. The zero-order valence-electron chi connectivity index (χ0n) is 13.2. The molecular formula is C14H27BrN4. The van der Waals surface area contributed by atoms with Gasteiger partial charge in [-0.25, -0.2) is 0 Å². The molecular weight excluding hydrogens is 304 g/mol. The van der Waals surface area contributed by atoms with Crippen molar-refractivity contribution in [1.29, 1.82) is 0 Å². The maximum absolute atomic E-state index is 4.50. The molecule has 1 N–H and O–H groups in total. The molecule has 110 valence electrons. The molecule has 1 heterocycles. The highest BCUT2D eigenvalue weighted by atomic mass is 79.9. The van der Waals surface area contributed by atoms with Gasteiger partial charge in [0.1, 0.15) is 0 Å². The van der Waals surface area contributed by atoms with Gasteiger partial charge in [-0.2, -0.15) is 5.10 Å². The summed E-state index contributed by atoms with van der Waals surface area (Å²) in [5, 5.41) is 8.11. The number of hydrogen-bond donors (Lipinski definition) is 1. The molecule has 0 aliphatic heterocycles. The highest BCUT2D eigenvalue weighted by Gasteiger charge is 2.36. The van der Waals surface area contributed by atoms with E-state index in [1.165, 1.54) is 5.69 Å². The molecule has 0 radical (unpaired) electrons. The lowest BCUT2D eigenvalue weighted by Gasteiger charge is -2.41. The van der Waals surface area contributed by atoms with E-state index >= 15 is 0 Å². The van der Waals surface area contributed by atoms with E-state index in [-0.39, 0.29) is 11.6 Å². The van der Waals surface area contributed by atoms with E-state index in [1.54, 1.807) is 0 Å². The third-order valence-corrected chi connectivity index (χ3v) is 4.43. The third kappa shape index (κ3) is 3.38. The average molecular weight is 331 g/mol. The van der Waals surface area contributed by atoms with Crippen molar-refractivity contribution in [3.8, 4) is 0 Å². The normalized spacial score (nSPS) is 14.4. The number of nitrogens with zero attached hydrogens (tertiary/aromatic N) is 3. The van der Waals surface area contributed by atoms with Crippen molar-refractivity contribution in [2.45, 2.75) is 52.2 Å². The van der Waals surface area contributed by atoms with E-state index in [2.05, 4.69) is 84.6 Å². The number of rotatable bonds is 6. The summed E-state index contributed by atoms with van der Waals surface area (Å²) in [6, 6.07) is 0.562. The summed E-state index contributed by atoms with van der Waals surface area (Å²) >= 11 is 3.66. The summed E-state index contributed by atoms with van der Waals surface area (Å²) in [5.41, 5.74) is 1.21. The van der Waals surface area contributed by atoms with Gasteiger partial charge in [0, 0.05) is 11.6 Å². The Hall–Kier alpha value is -0.390. The Kier molecular flexibility index (Phi) is 5.59.